The average Bonchev–Trinajstić information content (AvgIpc) is 3.40. The predicted molar refractivity (Wildman–Crippen MR) is 132 cm³/mol. The van der Waals surface area contributed by atoms with E-state index in [1.54, 1.807) is 24.7 Å². The molecule has 1 amide bonds. The van der Waals surface area contributed by atoms with Crippen LogP contribution in [0, 0.1) is 6.92 Å². The Morgan fingerprint density at radius 3 is 2.65 bits per heavy atom. The van der Waals surface area contributed by atoms with Crippen molar-refractivity contribution in [2.24, 2.45) is 0 Å². The molecular formula is C26H23F3N6O2. The summed E-state index contributed by atoms with van der Waals surface area (Å²) in [5, 5.41) is 2.66. The first-order chi connectivity index (χ1) is 17.8. The van der Waals surface area contributed by atoms with E-state index in [2.05, 4.69) is 25.2 Å². The molecule has 1 N–H and O–H groups in total. The maximum Gasteiger partial charge on any atom is 0.433 e. The first-order valence-corrected chi connectivity index (χ1v) is 11.6. The Balaban J connectivity index is 1.37. The molecule has 0 atom stereocenters. The van der Waals surface area contributed by atoms with Crippen molar-refractivity contribution < 1.29 is 22.7 Å². The summed E-state index contributed by atoms with van der Waals surface area (Å²) >= 11 is 0. The minimum atomic E-state index is -4.64. The van der Waals surface area contributed by atoms with E-state index in [0.717, 1.165) is 53.5 Å². The van der Waals surface area contributed by atoms with Crippen molar-refractivity contribution in [3.05, 3.63) is 84.3 Å². The van der Waals surface area contributed by atoms with Gasteiger partial charge in [-0.1, -0.05) is 6.07 Å². The Hall–Kier alpha value is -4.25. The van der Waals surface area contributed by atoms with Gasteiger partial charge < -0.3 is 19.5 Å². The van der Waals surface area contributed by atoms with Crippen molar-refractivity contribution in [1.29, 1.82) is 0 Å². The highest BCUT2D eigenvalue weighted by molar-refractivity contribution is 6.04. The molecule has 8 nitrogen and oxygen atoms in total. The highest BCUT2D eigenvalue weighted by Gasteiger charge is 2.33. The van der Waals surface area contributed by atoms with E-state index >= 15 is 0 Å². The molecule has 4 aromatic rings. The van der Waals surface area contributed by atoms with Crippen molar-refractivity contribution in [2.75, 3.05) is 36.5 Å². The molecule has 4 heterocycles. The molecule has 0 unspecified atom stereocenters. The molecule has 1 aromatic carbocycles. The Kier molecular flexibility index (Phi) is 6.62. The van der Waals surface area contributed by atoms with Crippen LogP contribution in [0.15, 0.2) is 67.5 Å². The monoisotopic (exact) mass is 508 g/mol. The van der Waals surface area contributed by atoms with E-state index in [-0.39, 0.29) is 5.56 Å². The summed E-state index contributed by atoms with van der Waals surface area (Å²) < 4.78 is 46.2. The number of morpholine rings is 1. The van der Waals surface area contributed by atoms with Gasteiger partial charge in [-0.3, -0.25) is 14.8 Å². The first-order valence-electron chi connectivity index (χ1n) is 11.6. The number of aryl methyl sites for hydroxylation is 1. The van der Waals surface area contributed by atoms with E-state index in [4.69, 9.17) is 4.74 Å². The van der Waals surface area contributed by atoms with Gasteiger partial charge in [0.25, 0.3) is 5.91 Å². The fourth-order valence-corrected chi connectivity index (χ4v) is 4.06. The highest BCUT2D eigenvalue weighted by Crippen LogP contribution is 2.29. The van der Waals surface area contributed by atoms with Gasteiger partial charge >= 0.3 is 6.18 Å². The van der Waals surface area contributed by atoms with Crippen molar-refractivity contribution in [1.82, 2.24) is 19.5 Å². The highest BCUT2D eigenvalue weighted by atomic mass is 19.4. The molecule has 1 aliphatic rings. The molecule has 0 spiro atoms. The van der Waals surface area contributed by atoms with E-state index in [9.17, 15) is 18.0 Å². The minimum Gasteiger partial charge on any atom is -0.378 e. The lowest BCUT2D eigenvalue weighted by molar-refractivity contribution is -0.141. The summed E-state index contributed by atoms with van der Waals surface area (Å²) in [4.78, 5) is 27.1. The van der Waals surface area contributed by atoms with Crippen LogP contribution in [-0.4, -0.2) is 51.7 Å². The lowest BCUT2D eigenvalue weighted by Gasteiger charge is -2.28. The van der Waals surface area contributed by atoms with Crippen LogP contribution in [0.4, 0.5) is 24.5 Å². The van der Waals surface area contributed by atoms with Crippen molar-refractivity contribution in [3.63, 3.8) is 0 Å². The van der Waals surface area contributed by atoms with Crippen molar-refractivity contribution in [2.45, 2.75) is 13.1 Å². The van der Waals surface area contributed by atoms with Crippen LogP contribution in [0.1, 0.15) is 21.6 Å². The summed E-state index contributed by atoms with van der Waals surface area (Å²) in [6, 6.07) is 9.26. The fraction of sp³-hybridized carbons (Fsp3) is 0.231. The van der Waals surface area contributed by atoms with E-state index in [1.165, 1.54) is 6.07 Å². The van der Waals surface area contributed by atoms with Crippen molar-refractivity contribution >= 4 is 17.3 Å². The molecule has 5 rings (SSSR count). The largest absolute Gasteiger partial charge is 0.433 e. The van der Waals surface area contributed by atoms with Crippen LogP contribution < -0.4 is 10.2 Å². The van der Waals surface area contributed by atoms with Gasteiger partial charge in [0.15, 0.2) is 0 Å². The summed E-state index contributed by atoms with van der Waals surface area (Å²) in [7, 11) is 0. The number of imidazole rings is 1. The second-order valence-electron chi connectivity index (χ2n) is 8.58. The second-order valence-corrected chi connectivity index (χ2v) is 8.58. The maximum atomic E-state index is 13.0. The van der Waals surface area contributed by atoms with Crippen LogP contribution in [-0.2, 0) is 10.9 Å². The molecule has 1 aliphatic heterocycles. The molecule has 0 radical (unpaired) electrons. The van der Waals surface area contributed by atoms with Gasteiger partial charge in [-0.25, -0.2) is 4.98 Å². The summed E-state index contributed by atoms with van der Waals surface area (Å²) in [5.74, 6) is -0.667. The van der Waals surface area contributed by atoms with Gasteiger partial charge in [-0.15, -0.1) is 0 Å². The molecule has 190 valence electrons. The Morgan fingerprint density at radius 2 is 1.86 bits per heavy atom. The molecule has 37 heavy (non-hydrogen) atoms. The standard InChI is InChI=1S/C26H23F3N6O2/c1-17-2-3-20(33-25(36)18-4-5-31-24(11-18)26(27,28)29)12-23(17)35-15-22(32-16-35)19-10-21(14-30-13-19)34-6-8-37-9-7-34/h2-5,10-16H,6-9H2,1H3,(H,33,36). The predicted octanol–water partition coefficient (Wildman–Crippen LogP) is 4.75. The second kappa shape index (κ2) is 10.0. The number of carbonyl (C=O) groups is 1. The van der Waals surface area contributed by atoms with Crippen LogP contribution in [0.5, 0.6) is 0 Å². The molecule has 0 bridgehead atoms. The van der Waals surface area contributed by atoms with Gasteiger partial charge in [0.2, 0.25) is 0 Å². The van der Waals surface area contributed by atoms with Crippen molar-refractivity contribution in [3.8, 4) is 16.9 Å². The third-order valence-electron chi connectivity index (χ3n) is 6.04. The number of amides is 1. The number of ether oxygens (including phenoxy) is 1. The zero-order valence-electron chi connectivity index (χ0n) is 19.9. The van der Waals surface area contributed by atoms with E-state index < -0.39 is 17.8 Å². The van der Waals surface area contributed by atoms with Crippen LogP contribution >= 0.6 is 0 Å². The van der Waals surface area contributed by atoms with Gasteiger partial charge in [0.05, 0.1) is 42.8 Å². The quantitative estimate of drug-likeness (QED) is 0.419. The first kappa shape index (κ1) is 24.4. The number of carbonyl (C=O) groups excluding carboxylic acids is 1. The Morgan fingerprint density at radius 1 is 1.05 bits per heavy atom. The number of halogens is 3. The molecule has 11 heteroatoms. The Labute approximate surface area is 210 Å². The molecule has 0 aliphatic carbocycles. The van der Waals surface area contributed by atoms with Crippen LogP contribution in [0.2, 0.25) is 0 Å². The van der Waals surface area contributed by atoms with Gasteiger partial charge in [0, 0.05) is 48.5 Å². The summed E-state index contributed by atoms with van der Waals surface area (Å²) in [6.07, 6.45) is 3.44. The number of nitrogens with zero attached hydrogens (tertiary/aromatic N) is 5. The number of alkyl halides is 3. The van der Waals surface area contributed by atoms with Gasteiger partial charge in [0.1, 0.15) is 5.69 Å². The lowest BCUT2D eigenvalue weighted by atomic mass is 10.1. The third kappa shape index (κ3) is 5.46. The third-order valence-corrected chi connectivity index (χ3v) is 6.04. The molecular weight excluding hydrogens is 485 g/mol. The molecule has 1 saturated heterocycles. The minimum absolute atomic E-state index is 0.137. The Bertz CT molecular complexity index is 1430. The zero-order valence-corrected chi connectivity index (χ0v) is 19.9. The van der Waals surface area contributed by atoms with E-state index in [0.29, 0.717) is 18.9 Å². The maximum absolute atomic E-state index is 13.0. The number of hydrogen-bond donors (Lipinski definition) is 1. The smallest absolute Gasteiger partial charge is 0.378 e. The topological polar surface area (TPSA) is 85.2 Å². The normalized spacial score (nSPS) is 14.0. The SMILES string of the molecule is Cc1ccc(NC(=O)c2ccnc(C(F)(F)F)c2)cc1-n1cnc(-c2cncc(N3CCOCC3)c2)c1. The number of benzene rings is 1. The number of pyridine rings is 2. The summed E-state index contributed by atoms with van der Waals surface area (Å²) in [5.41, 5.74) is 3.45. The molecule has 3 aromatic heterocycles. The number of aromatic nitrogens is 4. The van der Waals surface area contributed by atoms with Gasteiger partial charge in [-0.2, -0.15) is 13.2 Å². The van der Waals surface area contributed by atoms with Gasteiger partial charge in [-0.05, 0) is 42.8 Å². The number of nitrogens with one attached hydrogen (secondary N) is 1. The lowest BCUT2D eigenvalue weighted by Crippen LogP contribution is -2.36. The number of hydrogen-bond acceptors (Lipinski definition) is 6. The zero-order chi connectivity index (χ0) is 26.0. The molecule has 0 saturated carbocycles. The number of anilines is 2. The number of rotatable bonds is 5. The average molecular weight is 509 g/mol. The van der Waals surface area contributed by atoms with E-state index in [1.807, 2.05) is 36.0 Å². The fourth-order valence-electron chi connectivity index (χ4n) is 4.06. The van der Waals surface area contributed by atoms with Crippen LogP contribution in [0.25, 0.3) is 16.9 Å². The van der Waals surface area contributed by atoms with Crippen LogP contribution in [0.3, 0.4) is 0 Å². The summed E-state index contributed by atoms with van der Waals surface area (Å²) in [6.45, 7) is 4.87. The molecule has 1 fully saturated rings.